The topological polar surface area (TPSA) is 69.7 Å². The zero-order valence-electron chi connectivity index (χ0n) is 9.95. The molecule has 0 fully saturated rings. The van der Waals surface area contributed by atoms with E-state index >= 15 is 0 Å². The van der Waals surface area contributed by atoms with Gasteiger partial charge in [-0.15, -0.1) is 0 Å². The van der Waals surface area contributed by atoms with Crippen LogP contribution in [0.4, 0.5) is 0 Å². The second-order valence-electron chi connectivity index (χ2n) is 3.38. The van der Waals surface area contributed by atoms with Crippen molar-refractivity contribution in [3.63, 3.8) is 0 Å². The number of carbonyl (C=O) groups is 3. The molecule has 5 nitrogen and oxygen atoms in total. The summed E-state index contributed by atoms with van der Waals surface area (Å²) in [6.07, 6.45) is 1.62. The van der Waals surface area contributed by atoms with Crippen molar-refractivity contribution in [2.75, 3.05) is 14.2 Å². The molecule has 0 aliphatic carbocycles. The third kappa shape index (κ3) is 4.91. The highest BCUT2D eigenvalue weighted by Gasteiger charge is 2.27. The molecule has 0 aliphatic rings. The number of methoxy groups -OCH3 is 2. The molecule has 0 bridgehead atoms. The molecule has 0 rings (SSSR count). The van der Waals surface area contributed by atoms with E-state index in [1.165, 1.54) is 14.2 Å². The molecule has 0 N–H and O–H groups in total. The SMILES string of the molecule is CCC(=O)CCCC(C(=O)OC)C(=O)OC. The van der Waals surface area contributed by atoms with Crippen molar-refractivity contribution in [3.05, 3.63) is 0 Å². The summed E-state index contributed by atoms with van der Waals surface area (Å²) in [5.74, 6) is -2.03. The van der Waals surface area contributed by atoms with Crippen LogP contribution in [-0.4, -0.2) is 31.9 Å². The Morgan fingerprint density at radius 1 is 1.06 bits per heavy atom. The van der Waals surface area contributed by atoms with Crippen LogP contribution in [0.15, 0.2) is 0 Å². The number of esters is 2. The summed E-state index contributed by atoms with van der Waals surface area (Å²) in [5, 5.41) is 0. The third-order valence-corrected chi connectivity index (χ3v) is 2.31. The van der Waals surface area contributed by atoms with Crippen molar-refractivity contribution in [2.45, 2.75) is 32.6 Å². The minimum Gasteiger partial charge on any atom is -0.468 e. The predicted octanol–water partition coefficient (Wildman–Crippen LogP) is 1.10. The van der Waals surface area contributed by atoms with Gasteiger partial charge in [-0.25, -0.2) is 0 Å². The summed E-state index contributed by atoms with van der Waals surface area (Å²) in [6, 6.07) is 0. The van der Waals surface area contributed by atoms with Crippen LogP contribution in [0, 0.1) is 5.92 Å². The average Bonchev–Trinajstić information content (AvgIpc) is 2.32. The number of hydrogen-bond acceptors (Lipinski definition) is 5. The van der Waals surface area contributed by atoms with Crippen LogP contribution in [0.25, 0.3) is 0 Å². The number of carbonyl (C=O) groups excluding carboxylic acids is 3. The van der Waals surface area contributed by atoms with E-state index in [0.717, 1.165) is 0 Å². The molecular formula is C11H18O5. The van der Waals surface area contributed by atoms with Crippen LogP contribution in [0.3, 0.4) is 0 Å². The summed E-state index contributed by atoms with van der Waals surface area (Å²) in [5.41, 5.74) is 0. The molecule has 92 valence electrons. The molecule has 16 heavy (non-hydrogen) atoms. The van der Waals surface area contributed by atoms with Gasteiger partial charge in [-0.1, -0.05) is 6.92 Å². The van der Waals surface area contributed by atoms with Crippen LogP contribution in [0.2, 0.25) is 0 Å². The van der Waals surface area contributed by atoms with E-state index in [-0.39, 0.29) is 12.2 Å². The van der Waals surface area contributed by atoms with Gasteiger partial charge in [0.15, 0.2) is 5.92 Å². The maximum absolute atomic E-state index is 11.2. The van der Waals surface area contributed by atoms with Gasteiger partial charge >= 0.3 is 11.9 Å². The fourth-order valence-electron chi connectivity index (χ4n) is 1.30. The van der Waals surface area contributed by atoms with Crippen LogP contribution in [0.5, 0.6) is 0 Å². The standard InChI is InChI=1S/C11H18O5/c1-4-8(12)6-5-7-9(10(13)15-2)11(14)16-3/h9H,4-7H2,1-3H3. The van der Waals surface area contributed by atoms with Crippen molar-refractivity contribution in [2.24, 2.45) is 5.92 Å². The highest BCUT2D eigenvalue weighted by Crippen LogP contribution is 2.13. The maximum atomic E-state index is 11.2. The Bertz CT molecular complexity index is 243. The van der Waals surface area contributed by atoms with Gasteiger partial charge in [-0.2, -0.15) is 0 Å². The molecule has 0 aromatic heterocycles. The normalized spacial score (nSPS) is 10.0. The highest BCUT2D eigenvalue weighted by atomic mass is 16.5. The monoisotopic (exact) mass is 230 g/mol. The summed E-state index contributed by atoms with van der Waals surface area (Å²) in [7, 11) is 2.44. The van der Waals surface area contributed by atoms with Gasteiger partial charge in [-0.3, -0.25) is 14.4 Å². The molecule has 0 heterocycles. The van der Waals surface area contributed by atoms with E-state index in [0.29, 0.717) is 19.3 Å². The van der Waals surface area contributed by atoms with Gasteiger partial charge in [0.05, 0.1) is 14.2 Å². The first-order valence-corrected chi connectivity index (χ1v) is 5.24. The van der Waals surface area contributed by atoms with Crippen molar-refractivity contribution in [3.8, 4) is 0 Å². The molecule has 0 saturated carbocycles. The van der Waals surface area contributed by atoms with Gasteiger partial charge in [0, 0.05) is 12.8 Å². The van der Waals surface area contributed by atoms with Crippen molar-refractivity contribution >= 4 is 17.7 Å². The highest BCUT2D eigenvalue weighted by molar-refractivity contribution is 5.94. The average molecular weight is 230 g/mol. The summed E-state index contributed by atoms with van der Waals surface area (Å²) in [6.45, 7) is 1.78. The molecule has 0 atom stereocenters. The number of rotatable bonds is 7. The number of Topliss-reactive ketones (excluding diaryl/α,β-unsaturated/α-hetero) is 1. The zero-order valence-corrected chi connectivity index (χ0v) is 9.95. The second kappa shape index (κ2) is 7.84. The summed E-state index contributed by atoms with van der Waals surface area (Å²) in [4.78, 5) is 33.5. The summed E-state index contributed by atoms with van der Waals surface area (Å²) >= 11 is 0. The number of hydrogen-bond donors (Lipinski definition) is 0. The Morgan fingerprint density at radius 3 is 1.94 bits per heavy atom. The fraction of sp³-hybridized carbons (Fsp3) is 0.727. The Labute approximate surface area is 95.1 Å². The lowest BCUT2D eigenvalue weighted by Crippen LogP contribution is -2.26. The fourth-order valence-corrected chi connectivity index (χ4v) is 1.30. The van der Waals surface area contributed by atoms with Crippen LogP contribution >= 0.6 is 0 Å². The van der Waals surface area contributed by atoms with E-state index in [1.807, 2.05) is 0 Å². The third-order valence-electron chi connectivity index (χ3n) is 2.31. The molecule has 0 saturated heterocycles. The van der Waals surface area contributed by atoms with E-state index in [9.17, 15) is 14.4 Å². The number of ketones is 1. The smallest absolute Gasteiger partial charge is 0.320 e. The van der Waals surface area contributed by atoms with Gasteiger partial charge in [0.2, 0.25) is 0 Å². The lowest BCUT2D eigenvalue weighted by molar-refractivity contribution is -0.159. The van der Waals surface area contributed by atoms with E-state index in [2.05, 4.69) is 9.47 Å². The van der Waals surface area contributed by atoms with Gasteiger partial charge < -0.3 is 9.47 Å². The molecule has 0 spiro atoms. The van der Waals surface area contributed by atoms with Crippen LogP contribution in [0.1, 0.15) is 32.6 Å². The van der Waals surface area contributed by atoms with Crippen LogP contribution < -0.4 is 0 Å². The largest absolute Gasteiger partial charge is 0.468 e. The van der Waals surface area contributed by atoms with Gasteiger partial charge in [0.1, 0.15) is 5.78 Å². The molecule has 0 aromatic rings. The molecule has 0 aliphatic heterocycles. The van der Waals surface area contributed by atoms with Crippen LogP contribution in [-0.2, 0) is 23.9 Å². The predicted molar refractivity (Wildman–Crippen MR) is 56.7 cm³/mol. The number of ether oxygens (including phenoxy) is 2. The zero-order chi connectivity index (χ0) is 12.6. The Hall–Kier alpha value is -1.39. The molecule has 0 unspecified atom stereocenters. The van der Waals surface area contributed by atoms with E-state index in [1.54, 1.807) is 6.92 Å². The first-order chi connectivity index (χ1) is 7.56. The Balaban J connectivity index is 4.18. The lowest BCUT2D eigenvalue weighted by atomic mass is 10.0. The Kier molecular flexibility index (Phi) is 7.16. The lowest BCUT2D eigenvalue weighted by Gasteiger charge is -2.11. The minimum atomic E-state index is -0.917. The van der Waals surface area contributed by atoms with Gasteiger partial charge in [-0.05, 0) is 12.8 Å². The second-order valence-corrected chi connectivity index (χ2v) is 3.38. The first kappa shape index (κ1) is 14.6. The molecule has 0 amide bonds. The molecule has 5 heteroatoms. The van der Waals surface area contributed by atoms with Crippen molar-refractivity contribution in [1.29, 1.82) is 0 Å². The van der Waals surface area contributed by atoms with E-state index < -0.39 is 17.9 Å². The summed E-state index contributed by atoms with van der Waals surface area (Å²) < 4.78 is 8.99. The molecule has 0 aromatic carbocycles. The quantitative estimate of drug-likeness (QED) is 0.484. The van der Waals surface area contributed by atoms with Crippen molar-refractivity contribution in [1.82, 2.24) is 0 Å². The maximum Gasteiger partial charge on any atom is 0.320 e. The molecular weight excluding hydrogens is 212 g/mol. The first-order valence-electron chi connectivity index (χ1n) is 5.24. The minimum absolute atomic E-state index is 0.119. The Morgan fingerprint density at radius 2 is 1.56 bits per heavy atom. The molecule has 0 radical (unpaired) electrons. The van der Waals surface area contributed by atoms with E-state index in [4.69, 9.17) is 0 Å². The van der Waals surface area contributed by atoms with Gasteiger partial charge in [0.25, 0.3) is 0 Å². The van der Waals surface area contributed by atoms with Crippen molar-refractivity contribution < 1.29 is 23.9 Å².